The minimum absolute atomic E-state index is 0.0757. The number of benzene rings is 2. The number of carbonyl (C=O) groups excluding carboxylic acids is 2. The van der Waals surface area contributed by atoms with E-state index in [1.807, 2.05) is 6.07 Å². The summed E-state index contributed by atoms with van der Waals surface area (Å²) in [6, 6.07) is 8.75. The van der Waals surface area contributed by atoms with Crippen LogP contribution in [0, 0.1) is 11.2 Å². The number of amides is 2. The Morgan fingerprint density at radius 2 is 1.93 bits per heavy atom. The molecule has 0 aliphatic carbocycles. The van der Waals surface area contributed by atoms with Gasteiger partial charge in [-0.25, -0.2) is 4.39 Å². The third-order valence-corrected chi connectivity index (χ3v) is 9.00. The number of nitrogens with one attached hydrogen (secondary N) is 3. The van der Waals surface area contributed by atoms with Crippen molar-refractivity contribution in [1.29, 1.82) is 0 Å². The van der Waals surface area contributed by atoms with Crippen molar-refractivity contribution in [3.63, 3.8) is 0 Å². The third kappa shape index (κ3) is 5.49. The Kier molecular flexibility index (Phi) is 8.21. The van der Waals surface area contributed by atoms with Gasteiger partial charge in [0.1, 0.15) is 11.2 Å². The molecule has 216 valence electrons. The third-order valence-electron chi connectivity index (χ3n) is 8.48. The number of hydrogen-bond acceptors (Lipinski definition) is 5. The molecule has 1 spiro atoms. The fourth-order valence-electron chi connectivity index (χ4n) is 6.72. The zero-order valence-corrected chi connectivity index (χ0v) is 24.6. The van der Waals surface area contributed by atoms with Crippen LogP contribution in [0.25, 0.3) is 0 Å². The first-order valence-electron chi connectivity index (χ1n) is 13.9. The number of aliphatic hydroxyl groups is 1. The second kappa shape index (κ2) is 11.2. The van der Waals surface area contributed by atoms with E-state index in [0.29, 0.717) is 35.8 Å². The van der Waals surface area contributed by atoms with Crippen LogP contribution in [0.15, 0.2) is 36.4 Å². The topological polar surface area (TPSA) is 93.7 Å². The monoisotopic (exact) mass is 590 g/mol. The van der Waals surface area contributed by atoms with Crippen LogP contribution in [0.4, 0.5) is 10.1 Å². The van der Waals surface area contributed by atoms with Gasteiger partial charge < -0.3 is 26.0 Å². The van der Waals surface area contributed by atoms with Crippen molar-refractivity contribution in [2.24, 2.45) is 5.41 Å². The Morgan fingerprint density at radius 1 is 1.20 bits per heavy atom. The molecular formula is C30H37Cl2FN4O3. The average Bonchev–Trinajstić information content (AvgIpc) is 3.35. The minimum atomic E-state index is -1.27. The molecule has 10 heteroatoms. The number of anilines is 1. The molecule has 5 rings (SSSR count). The van der Waals surface area contributed by atoms with Crippen LogP contribution in [0.3, 0.4) is 0 Å². The van der Waals surface area contributed by atoms with Crippen LogP contribution < -0.4 is 16.0 Å². The number of nitrogens with zero attached hydrogens (tertiary/aromatic N) is 1. The Morgan fingerprint density at radius 3 is 2.60 bits per heavy atom. The van der Waals surface area contributed by atoms with Gasteiger partial charge in [0.05, 0.1) is 17.2 Å². The largest absolute Gasteiger partial charge is 0.393 e. The SMILES string of the molecule is CC(C)(C)C[C@H]1N[C@@H](C(=O)NCCN2CCC(O)CC2)[C@H](c2cccc(Cl)c2)[C@@]12C(=O)Nc1cc(Cl)c(F)cc12. The molecule has 3 aliphatic rings. The molecule has 3 heterocycles. The first-order chi connectivity index (χ1) is 18.9. The van der Waals surface area contributed by atoms with Crippen LogP contribution in [0.1, 0.15) is 57.1 Å². The molecule has 0 bridgehead atoms. The van der Waals surface area contributed by atoms with E-state index in [1.165, 1.54) is 12.1 Å². The molecule has 2 saturated heterocycles. The smallest absolute Gasteiger partial charge is 0.237 e. The molecule has 3 aliphatic heterocycles. The number of rotatable bonds is 6. The second-order valence-electron chi connectivity index (χ2n) is 12.5. The molecule has 4 atom stereocenters. The van der Waals surface area contributed by atoms with Crippen molar-refractivity contribution in [3.05, 3.63) is 63.4 Å². The summed E-state index contributed by atoms with van der Waals surface area (Å²) in [5.41, 5.74) is 0.191. The number of halogens is 3. The van der Waals surface area contributed by atoms with Gasteiger partial charge >= 0.3 is 0 Å². The molecule has 2 aromatic rings. The summed E-state index contributed by atoms with van der Waals surface area (Å²) in [6.45, 7) is 8.90. The lowest BCUT2D eigenvalue weighted by Gasteiger charge is -2.37. The van der Waals surface area contributed by atoms with Crippen molar-refractivity contribution in [3.8, 4) is 0 Å². The maximum atomic E-state index is 15.0. The maximum absolute atomic E-state index is 15.0. The number of aliphatic hydroxyl groups excluding tert-OH is 1. The summed E-state index contributed by atoms with van der Waals surface area (Å²) in [6.07, 6.45) is 1.74. The Bertz CT molecular complexity index is 1290. The molecule has 0 saturated carbocycles. The van der Waals surface area contributed by atoms with Gasteiger partial charge in [0.15, 0.2) is 0 Å². The van der Waals surface area contributed by atoms with Gasteiger partial charge in [-0.05, 0) is 60.1 Å². The predicted octanol–water partition coefficient (Wildman–Crippen LogP) is 4.46. The first kappa shape index (κ1) is 29.3. The van der Waals surface area contributed by atoms with Gasteiger partial charge in [0.25, 0.3) is 0 Å². The van der Waals surface area contributed by atoms with Crippen LogP contribution in [-0.2, 0) is 15.0 Å². The van der Waals surface area contributed by atoms with Gasteiger partial charge in [-0.1, -0.05) is 56.1 Å². The van der Waals surface area contributed by atoms with Crippen molar-refractivity contribution in [2.45, 2.75) is 69.6 Å². The summed E-state index contributed by atoms with van der Waals surface area (Å²) >= 11 is 12.5. The zero-order chi connectivity index (χ0) is 28.8. The van der Waals surface area contributed by atoms with E-state index < -0.39 is 29.2 Å². The molecule has 0 aromatic heterocycles. The lowest BCUT2D eigenvalue weighted by molar-refractivity contribution is -0.124. The molecule has 7 nitrogen and oxygen atoms in total. The van der Waals surface area contributed by atoms with Crippen LogP contribution >= 0.6 is 23.2 Å². The van der Waals surface area contributed by atoms with Crippen molar-refractivity contribution in [2.75, 3.05) is 31.5 Å². The fourth-order valence-corrected chi connectivity index (χ4v) is 7.09. The Balaban J connectivity index is 1.55. The standard InChI is InChI=1S/C30H37Cl2FN4O3/c1-29(2,3)16-24-30(20-14-22(33)21(32)15-23(20)35-28(30)40)25(17-5-4-6-18(31)13-17)26(36-24)27(39)34-9-12-37-10-7-19(38)8-11-37/h4-6,13-15,19,24-26,36,38H,7-12,16H2,1-3H3,(H,34,39)(H,35,40)/t24-,25+,26-,30+/m1/s1. The van der Waals surface area contributed by atoms with E-state index in [9.17, 15) is 14.7 Å². The lowest BCUT2D eigenvalue weighted by atomic mass is 9.62. The maximum Gasteiger partial charge on any atom is 0.237 e. The van der Waals surface area contributed by atoms with E-state index in [0.717, 1.165) is 31.5 Å². The predicted molar refractivity (Wildman–Crippen MR) is 155 cm³/mol. The molecule has 2 aromatic carbocycles. The summed E-state index contributed by atoms with van der Waals surface area (Å²) < 4.78 is 15.0. The van der Waals surface area contributed by atoms with Crippen molar-refractivity contribution >= 4 is 40.7 Å². The lowest BCUT2D eigenvalue weighted by Crippen LogP contribution is -2.49. The highest BCUT2D eigenvalue weighted by Gasteiger charge is 2.65. The summed E-state index contributed by atoms with van der Waals surface area (Å²) in [5.74, 6) is -1.80. The van der Waals surface area contributed by atoms with Crippen molar-refractivity contribution in [1.82, 2.24) is 15.5 Å². The fraction of sp³-hybridized carbons (Fsp3) is 0.533. The Labute approximate surface area is 244 Å². The highest BCUT2D eigenvalue weighted by molar-refractivity contribution is 6.31. The molecule has 4 N–H and O–H groups in total. The summed E-state index contributed by atoms with van der Waals surface area (Å²) in [7, 11) is 0. The molecule has 0 radical (unpaired) electrons. The molecular weight excluding hydrogens is 554 g/mol. The van der Waals surface area contributed by atoms with E-state index in [-0.39, 0.29) is 28.4 Å². The van der Waals surface area contributed by atoms with Gasteiger partial charge in [-0.2, -0.15) is 0 Å². The number of carbonyl (C=O) groups is 2. The number of fused-ring (bicyclic) bond motifs is 2. The quantitative estimate of drug-likeness (QED) is 0.399. The first-order valence-corrected chi connectivity index (χ1v) is 14.7. The number of piperidine rings is 1. The van der Waals surface area contributed by atoms with Gasteiger partial charge in [-0.3, -0.25) is 9.59 Å². The number of hydrogen-bond donors (Lipinski definition) is 4. The highest BCUT2D eigenvalue weighted by atomic mass is 35.5. The molecule has 40 heavy (non-hydrogen) atoms. The van der Waals surface area contributed by atoms with Gasteiger partial charge in [0, 0.05) is 48.8 Å². The van der Waals surface area contributed by atoms with E-state index in [2.05, 4.69) is 41.6 Å². The normalized spacial score (nSPS) is 27.2. The van der Waals surface area contributed by atoms with Gasteiger partial charge in [0.2, 0.25) is 11.8 Å². The second-order valence-corrected chi connectivity index (χ2v) is 13.3. The minimum Gasteiger partial charge on any atom is -0.393 e. The van der Waals surface area contributed by atoms with E-state index >= 15 is 4.39 Å². The zero-order valence-electron chi connectivity index (χ0n) is 23.1. The van der Waals surface area contributed by atoms with E-state index in [1.54, 1.807) is 18.2 Å². The average molecular weight is 592 g/mol. The van der Waals surface area contributed by atoms with Crippen LogP contribution in [0.2, 0.25) is 10.0 Å². The Hall–Kier alpha value is -2.23. The molecule has 0 unspecified atom stereocenters. The van der Waals surface area contributed by atoms with E-state index in [4.69, 9.17) is 23.2 Å². The summed E-state index contributed by atoms with van der Waals surface area (Å²) in [4.78, 5) is 30.3. The highest BCUT2D eigenvalue weighted by Crippen LogP contribution is 2.57. The van der Waals surface area contributed by atoms with Crippen LogP contribution in [0.5, 0.6) is 0 Å². The number of likely N-dealkylation sites (tertiary alicyclic amines) is 1. The van der Waals surface area contributed by atoms with Crippen LogP contribution in [-0.4, -0.2) is 66.2 Å². The molecule has 2 fully saturated rings. The molecule has 2 amide bonds. The van der Waals surface area contributed by atoms with Gasteiger partial charge in [-0.15, -0.1) is 0 Å². The summed E-state index contributed by atoms with van der Waals surface area (Å²) in [5, 5.41) is 19.8. The van der Waals surface area contributed by atoms with Crippen molar-refractivity contribution < 1.29 is 19.1 Å².